The van der Waals surface area contributed by atoms with E-state index in [2.05, 4.69) is 5.10 Å². The van der Waals surface area contributed by atoms with Gasteiger partial charge in [-0.05, 0) is 13.8 Å². The molecular formula is C10H17N5O2. The van der Waals surface area contributed by atoms with Crippen LogP contribution in [0.5, 0.6) is 0 Å². The Kier molecular flexibility index (Phi) is 4.08. The fourth-order valence-corrected chi connectivity index (χ4v) is 1.42. The lowest BCUT2D eigenvalue weighted by molar-refractivity contribution is -0.137. The van der Waals surface area contributed by atoms with Gasteiger partial charge in [0, 0.05) is 12.2 Å². The van der Waals surface area contributed by atoms with E-state index in [-0.39, 0.29) is 25.0 Å². The highest BCUT2D eigenvalue weighted by Crippen LogP contribution is 2.03. The molecule has 0 fully saturated rings. The SMILES string of the molecule is CC(C)N(CC(N)=O)C(=O)Cn1cc(N)cn1. The van der Waals surface area contributed by atoms with Gasteiger partial charge >= 0.3 is 0 Å². The van der Waals surface area contributed by atoms with E-state index in [1.807, 2.05) is 13.8 Å². The summed E-state index contributed by atoms with van der Waals surface area (Å²) in [5.41, 5.74) is 11.1. The van der Waals surface area contributed by atoms with E-state index in [4.69, 9.17) is 11.5 Å². The second kappa shape index (κ2) is 5.33. The van der Waals surface area contributed by atoms with Crippen LogP contribution in [0.15, 0.2) is 12.4 Å². The molecule has 94 valence electrons. The molecule has 0 spiro atoms. The Balaban J connectivity index is 2.68. The van der Waals surface area contributed by atoms with Gasteiger partial charge in [-0.1, -0.05) is 0 Å². The topological polar surface area (TPSA) is 107 Å². The van der Waals surface area contributed by atoms with Gasteiger partial charge in [0.2, 0.25) is 11.8 Å². The monoisotopic (exact) mass is 239 g/mol. The lowest BCUT2D eigenvalue weighted by Crippen LogP contribution is -2.44. The minimum atomic E-state index is -0.535. The van der Waals surface area contributed by atoms with Crippen molar-refractivity contribution in [3.63, 3.8) is 0 Å². The molecule has 7 nitrogen and oxygen atoms in total. The van der Waals surface area contributed by atoms with E-state index < -0.39 is 5.91 Å². The fraction of sp³-hybridized carbons (Fsp3) is 0.500. The number of anilines is 1. The number of aromatic nitrogens is 2. The number of amides is 2. The van der Waals surface area contributed by atoms with Crippen molar-refractivity contribution in [3.8, 4) is 0 Å². The van der Waals surface area contributed by atoms with Crippen LogP contribution in [0.25, 0.3) is 0 Å². The second-order valence-corrected chi connectivity index (χ2v) is 4.05. The average molecular weight is 239 g/mol. The zero-order chi connectivity index (χ0) is 13.0. The third kappa shape index (κ3) is 3.78. The van der Waals surface area contributed by atoms with Crippen molar-refractivity contribution in [1.29, 1.82) is 0 Å². The molecular weight excluding hydrogens is 222 g/mol. The zero-order valence-electron chi connectivity index (χ0n) is 9.96. The van der Waals surface area contributed by atoms with Crippen LogP contribution in [-0.4, -0.2) is 39.1 Å². The lowest BCUT2D eigenvalue weighted by atomic mass is 10.3. The third-order valence-corrected chi connectivity index (χ3v) is 2.22. The molecule has 4 N–H and O–H groups in total. The van der Waals surface area contributed by atoms with E-state index >= 15 is 0 Å². The maximum atomic E-state index is 11.9. The van der Waals surface area contributed by atoms with Crippen LogP contribution in [0.1, 0.15) is 13.8 Å². The van der Waals surface area contributed by atoms with Crippen LogP contribution in [0.3, 0.4) is 0 Å². The molecule has 0 aliphatic heterocycles. The summed E-state index contributed by atoms with van der Waals surface area (Å²) in [5.74, 6) is -0.756. The summed E-state index contributed by atoms with van der Waals surface area (Å²) in [6.45, 7) is 3.59. The highest BCUT2D eigenvalue weighted by atomic mass is 16.2. The average Bonchev–Trinajstić information content (AvgIpc) is 2.59. The van der Waals surface area contributed by atoms with Crippen molar-refractivity contribution in [2.75, 3.05) is 12.3 Å². The Hall–Kier alpha value is -2.05. The molecule has 0 bridgehead atoms. The van der Waals surface area contributed by atoms with Crippen molar-refractivity contribution in [1.82, 2.24) is 14.7 Å². The molecule has 0 radical (unpaired) electrons. The maximum absolute atomic E-state index is 11.9. The molecule has 0 atom stereocenters. The molecule has 17 heavy (non-hydrogen) atoms. The minimum absolute atomic E-state index is 0.0443. The first kappa shape index (κ1) is 13.0. The van der Waals surface area contributed by atoms with Crippen LogP contribution in [0, 0.1) is 0 Å². The van der Waals surface area contributed by atoms with Gasteiger partial charge in [-0.2, -0.15) is 5.10 Å². The summed E-state index contributed by atoms with van der Waals surface area (Å²) < 4.78 is 1.42. The number of hydrogen-bond acceptors (Lipinski definition) is 4. The van der Waals surface area contributed by atoms with Crippen LogP contribution in [0.4, 0.5) is 5.69 Å². The van der Waals surface area contributed by atoms with E-state index in [9.17, 15) is 9.59 Å². The highest BCUT2D eigenvalue weighted by molar-refractivity contribution is 5.83. The molecule has 0 aliphatic carbocycles. The van der Waals surface area contributed by atoms with E-state index in [0.29, 0.717) is 5.69 Å². The number of rotatable bonds is 5. The molecule has 0 saturated heterocycles. The van der Waals surface area contributed by atoms with E-state index in [0.717, 1.165) is 0 Å². The number of primary amides is 1. The molecule has 1 heterocycles. The smallest absolute Gasteiger partial charge is 0.245 e. The first-order chi connectivity index (χ1) is 7.90. The molecule has 0 saturated carbocycles. The van der Waals surface area contributed by atoms with Gasteiger partial charge in [0.25, 0.3) is 0 Å². The van der Waals surface area contributed by atoms with Crippen LogP contribution in [0.2, 0.25) is 0 Å². The molecule has 7 heteroatoms. The predicted molar refractivity (Wildman–Crippen MR) is 62.7 cm³/mol. The van der Waals surface area contributed by atoms with Gasteiger partial charge in [0.15, 0.2) is 0 Å². The van der Waals surface area contributed by atoms with E-state index in [1.165, 1.54) is 15.8 Å². The first-order valence-electron chi connectivity index (χ1n) is 5.26. The molecule has 1 aromatic heterocycles. The van der Waals surface area contributed by atoms with Gasteiger partial charge in [-0.25, -0.2) is 0 Å². The predicted octanol–water partition coefficient (Wildman–Crippen LogP) is -0.812. The van der Waals surface area contributed by atoms with Crippen LogP contribution < -0.4 is 11.5 Å². The number of nitrogens with zero attached hydrogens (tertiary/aromatic N) is 3. The van der Waals surface area contributed by atoms with Crippen molar-refractivity contribution < 1.29 is 9.59 Å². The Morgan fingerprint density at radius 1 is 1.53 bits per heavy atom. The Labute approximate surface area is 99.4 Å². The number of hydrogen-bond donors (Lipinski definition) is 2. The Bertz CT molecular complexity index is 413. The minimum Gasteiger partial charge on any atom is -0.396 e. The standard InChI is InChI=1S/C10H17N5O2/c1-7(2)15(5-9(12)16)10(17)6-14-4-8(11)3-13-14/h3-4,7H,5-6,11H2,1-2H3,(H2,12,16). The summed E-state index contributed by atoms with van der Waals surface area (Å²) >= 11 is 0. The summed E-state index contributed by atoms with van der Waals surface area (Å²) in [4.78, 5) is 24.2. The second-order valence-electron chi connectivity index (χ2n) is 4.05. The Morgan fingerprint density at radius 3 is 2.59 bits per heavy atom. The zero-order valence-corrected chi connectivity index (χ0v) is 9.96. The van der Waals surface area contributed by atoms with Gasteiger partial charge in [-0.3, -0.25) is 14.3 Å². The molecule has 1 aromatic rings. The molecule has 1 rings (SSSR count). The third-order valence-electron chi connectivity index (χ3n) is 2.22. The summed E-state index contributed by atoms with van der Waals surface area (Å²) in [6.07, 6.45) is 3.02. The number of nitrogens with two attached hydrogens (primary N) is 2. The van der Waals surface area contributed by atoms with E-state index in [1.54, 1.807) is 6.20 Å². The maximum Gasteiger partial charge on any atom is 0.245 e. The summed E-state index contributed by atoms with van der Waals surface area (Å²) in [6, 6.07) is -0.0945. The summed E-state index contributed by atoms with van der Waals surface area (Å²) in [5, 5.41) is 3.90. The lowest BCUT2D eigenvalue weighted by Gasteiger charge is -2.25. The van der Waals surface area contributed by atoms with Crippen molar-refractivity contribution in [2.45, 2.75) is 26.4 Å². The normalized spacial score (nSPS) is 10.5. The van der Waals surface area contributed by atoms with Crippen LogP contribution >= 0.6 is 0 Å². The Morgan fingerprint density at radius 2 is 2.18 bits per heavy atom. The number of carbonyl (C=O) groups excluding carboxylic acids is 2. The van der Waals surface area contributed by atoms with Crippen LogP contribution in [-0.2, 0) is 16.1 Å². The van der Waals surface area contributed by atoms with Crippen molar-refractivity contribution in [3.05, 3.63) is 12.4 Å². The highest BCUT2D eigenvalue weighted by Gasteiger charge is 2.19. The van der Waals surface area contributed by atoms with Gasteiger partial charge in [-0.15, -0.1) is 0 Å². The van der Waals surface area contributed by atoms with Gasteiger partial charge < -0.3 is 16.4 Å². The first-order valence-corrected chi connectivity index (χ1v) is 5.26. The largest absolute Gasteiger partial charge is 0.396 e. The van der Waals surface area contributed by atoms with Crippen molar-refractivity contribution >= 4 is 17.5 Å². The van der Waals surface area contributed by atoms with Gasteiger partial charge in [0.1, 0.15) is 6.54 Å². The van der Waals surface area contributed by atoms with Crippen molar-refractivity contribution in [2.24, 2.45) is 5.73 Å². The molecule has 0 aliphatic rings. The molecule has 2 amide bonds. The number of carbonyl (C=O) groups is 2. The summed E-state index contributed by atoms with van der Waals surface area (Å²) in [7, 11) is 0. The number of nitrogen functional groups attached to an aromatic ring is 1. The van der Waals surface area contributed by atoms with Gasteiger partial charge in [0.05, 0.1) is 18.4 Å². The molecule has 0 aromatic carbocycles. The fourth-order valence-electron chi connectivity index (χ4n) is 1.42. The molecule has 0 unspecified atom stereocenters. The quantitative estimate of drug-likeness (QED) is 0.700.